The van der Waals surface area contributed by atoms with Crippen molar-refractivity contribution in [3.05, 3.63) is 12.0 Å². The Balaban J connectivity index is 1.92. The fourth-order valence-electron chi connectivity index (χ4n) is 2.88. The number of aryl methyl sites for hydroxylation is 1. The van der Waals surface area contributed by atoms with Crippen LogP contribution >= 0.6 is 0 Å². The van der Waals surface area contributed by atoms with E-state index in [0.29, 0.717) is 29.0 Å². The Morgan fingerprint density at radius 3 is 2.71 bits per heavy atom. The summed E-state index contributed by atoms with van der Waals surface area (Å²) in [5, 5.41) is 8.23. The molecule has 2 aromatic heterocycles. The van der Waals surface area contributed by atoms with Crippen molar-refractivity contribution in [2.24, 2.45) is 13.0 Å². The van der Waals surface area contributed by atoms with Crippen LogP contribution in [-0.2, 0) is 17.4 Å². The van der Waals surface area contributed by atoms with Gasteiger partial charge in [0, 0.05) is 14.2 Å². The number of aromatic nitrogens is 4. The number of hydrogen-bond acceptors (Lipinski definition) is 6. The van der Waals surface area contributed by atoms with E-state index in [4.69, 9.17) is 15.0 Å². The molecule has 0 amide bonds. The lowest BCUT2D eigenvalue weighted by atomic mass is 9.79. The van der Waals surface area contributed by atoms with Crippen LogP contribution in [0.3, 0.4) is 0 Å². The van der Waals surface area contributed by atoms with Gasteiger partial charge in [-0.2, -0.15) is 10.1 Å². The molecule has 2 aromatic rings. The molecule has 0 aliphatic heterocycles. The van der Waals surface area contributed by atoms with Gasteiger partial charge < -0.3 is 15.0 Å². The molecule has 0 unspecified atom stereocenters. The predicted octanol–water partition coefficient (Wildman–Crippen LogP) is 2.10. The average Bonchev–Trinajstić information content (AvgIpc) is 3.09. The summed E-state index contributed by atoms with van der Waals surface area (Å²) in [5.41, 5.74) is 6.17. The summed E-state index contributed by atoms with van der Waals surface area (Å²) in [7, 11) is 3.49. The molecule has 0 radical (unpaired) electrons. The van der Waals surface area contributed by atoms with Crippen LogP contribution < -0.4 is 5.73 Å². The minimum absolute atomic E-state index is 0.394. The molecular formula is C14H21N5O2. The number of methoxy groups -OCH3 is 1. The molecule has 2 N–H and O–H groups in total. The van der Waals surface area contributed by atoms with Crippen LogP contribution in [0, 0.1) is 5.92 Å². The maximum atomic E-state index is 5.95. The van der Waals surface area contributed by atoms with Gasteiger partial charge in [-0.15, -0.1) is 0 Å². The van der Waals surface area contributed by atoms with Crippen LogP contribution in [0.25, 0.3) is 11.5 Å². The Bertz CT molecular complexity index is 625. The van der Waals surface area contributed by atoms with Crippen LogP contribution in [0.5, 0.6) is 0 Å². The van der Waals surface area contributed by atoms with Crippen LogP contribution in [-0.4, -0.2) is 27.0 Å². The van der Waals surface area contributed by atoms with E-state index in [1.54, 1.807) is 25.0 Å². The van der Waals surface area contributed by atoms with Crippen molar-refractivity contribution in [1.82, 2.24) is 19.9 Å². The molecule has 2 heterocycles. The van der Waals surface area contributed by atoms with E-state index < -0.39 is 5.60 Å². The summed E-state index contributed by atoms with van der Waals surface area (Å²) in [6, 6.07) is 0. The summed E-state index contributed by atoms with van der Waals surface area (Å²) in [4.78, 5) is 4.51. The number of anilines is 1. The van der Waals surface area contributed by atoms with Gasteiger partial charge in [-0.25, -0.2) is 0 Å². The molecule has 0 bridgehead atoms. The largest absolute Gasteiger partial charge is 0.383 e. The van der Waals surface area contributed by atoms with Gasteiger partial charge in [0.1, 0.15) is 17.0 Å². The van der Waals surface area contributed by atoms with Gasteiger partial charge in [-0.3, -0.25) is 4.68 Å². The third-order valence-electron chi connectivity index (χ3n) is 4.52. The number of nitrogens with zero attached hydrogens (tertiary/aromatic N) is 4. The molecule has 21 heavy (non-hydrogen) atoms. The van der Waals surface area contributed by atoms with Gasteiger partial charge in [0.2, 0.25) is 5.82 Å². The molecule has 0 atom stereocenters. The molecule has 0 aromatic carbocycles. The first-order valence-electron chi connectivity index (χ1n) is 7.23. The van der Waals surface area contributed by atoms with Gasteiger partial charge in [-0.1, -0.05) is 12.1 Å². The van der Waals surface area contributed by atoms with Crippen molar-refractivity contribution in [2.75, 3.05) is 12.8 Å². The Hall–Kier alpha value is -1.89. The van der Waals surface area contributed by atoms with Gasteiger partial charge in [0.15, 0.2) is 0 Å². The highest BCUT2D eigenvalue weighted by molar-refractivity contribution is 5.66. The minimum Gasteiger partial charge on any atom is -0.383 e. The van der Waals surface area contributed by atoms with Crippen LogP contribution in [0.15, 0.2) is 10.7 Å². The Labute approximate surface area is 123 Å². The highest BCUT2D eigenvalue weighted by Crippen LogP contribution is 2.41. The van der Waals surface area contributed by atoms with E-state index in [1.165, 1.54) is 0 Å². The molecule has 0 saturated heterocycles. The first-order valence-corrected chi connectivity index (χ1v) is 7.23. The van der Waals surface area contributed by atoms with Crippen molar-refractivity contribution in [2.45, 2.75) is 38.2 Å². The quantitative estimate of drug-likeness (QED) is 0.931. The van der Waals surface area contributed by atoms with Crippen molar-refractivity contribution >= 4 is 5.82 Å². The summed E-state index contributed by atoms with van der Waals surface area (Å²) >= 11 is 0. The fourth-order valence-corrected chi connectivity index (χ4v) is 2.88. The molecule has 3 rings (SSSR count). The lowest BCUT2D eigenvalue weighted by Crippen LogP contribution is -2.34. The SMILES string of the molecule is COC1(c2noc(-c3cnn(C)c3N)n2)CCC(C)CC1. The summed E-state index contributed by atoms with van der Waals surface area (Å²) < 4.78 is 12.7. The van der Waals surface area contributed by atoms with Crippen LogP contribution in [0.4, 0.5) is 5.82 Å². The lowest BCUT2D eigenvalue weighted by molar-refractivity contribution is -0.0609. The molecule has 7 heteroatoms. The van der Waals surface area contributed by atoms with E-state index in [9.17, 15) is 0 Å². The van der Waals surface area contributed by atoms with Gasteiger partial charge >= 0.3 is 0 Å². The smallest absolute Gasteiger partial charge is 0.263 e. The van der Waals surface area contributed by atoms with Crippen LogP contribution in [0.2, 0.25) is 0 Å². The van der Waals surface area contributed by atoms with E-state index in [0.717, 1.165) is 25.7 Å². The second kappa shape index (κ2) is 5.14. The molecular weight excluding hydrogens is 270 g/mol. The fraction of sp³-hybridized carbons (Fsp3) is 0.643. The van der Waals surface area contributed by atoms with Gasteiger partial charge in [0.25, 0.3) is 5.89 Å². The molecule has 1 aliphatic rings. The number of nitrogens with two attached hydrogens (primary N) is 1. The zero-order valence-corrected chi connectivity index (χ0v) is 12.7. The summed E-state index contributed by atoms with van der Waals surface area (Å²) in [6.45, 7) is 2.26. The monoisotopic (exact) mass is 291 g/mol. The van der Waals surface area contributed by atoms with Crippen molar-refractivity contribution in [3.63, 3.8) is 0 Å². The number of rotatable bonds is 3. The molecule has 1 saturated carbocycles. The number of nitrogen functional groups attached to an aromatic ring is 1. The van der Waals surface area contributed by atoms with E-state index >= 15 is 0 Å². The van der Waals surface area contributed by atoms with Crippen molar-refractivity contribution in [3.8, 4) is 11.5 Å². The molecule has 1 fully saturated rings. The first kappa shape index (κ1) is 14.1. The number of ether oxygens (including phenoxy) is 1. The maximum absolute atomic E-state index is 5.95. The van der Waals surface area contributed by atoms with Crippen molar-refractivity contribution in [1.29, 1.82) is 0 Å². The average molecular weight is 291 g/mol. The Kier molecular flexibility index (Phi) is 3.44. The standard InChI is InChI=1S/C14H21N5O2/c1-9-4-6-14(20-3,7-5-9)13-17-12(21-18-13)10-8-16-19(2)11(10)15/h8-9H,4-7,15H2,1-3H3. The Morgan fingerprint density at radius 2 is 2.14 bits per heavy atom. The van der Waals surface area contributed by atoms with E-state index in [-0.39, 0.29) is 0 Å². The maximum Gasteiger partial charge on any atom is 0.263 e. The van der Waals surface area contributed by atoms with Crippen LogP contribution in [0.1, 0.15) is 38.4 Å². The topological polar surface area (TPSA) is 92.0 Å². The number of hydrogen-bond donors (Lipinski definition) is 1. The highest BCUT2D eigenvalue weighted by atomic mass is 16.5. The van der Waals surface area contributed by atoms with Gasteiger partial charge in [-0.05, 0) is 31.6 Å². The van der Waals surface area contributed by atoms with Gasteiger partial charge in [0.05, 0.1) is 6.20 Å². The van der Waals surface area contributed by atoms with E-state index in [2.05, 4.69) is 22.2 Å². The molecule has 114 valence electrons. The molecule has 1 aliphatic carbocycles. The summed E-state index contributed by atoms with van der Waals surface area (Å²) in [6.07, 6.45) is 5.66. The normalized spacial score (nSPS) is 26.1. The molecule has 7 nitrogen and oxygen atoms in total. The third-order valence-corrected chi connectivity index (χ3v) is 4.52. The zero-order valence-electron chi connectivity index (χ0n) is 12.7. The first-order chi connectivity index (χ1) is 10.1. The predicted molar refractivity (Wildman–Crippen MR) is 77.2 cm³/mol. The van der Waals surface area contributed by atoms with Crippen molar-refractivity contribution < 1.29 is 9.26 Å². The summed E-state index contributed by atoms with van der Waals surface area (Å²) in [5.74, 6) is 2.23. The third kappa shape index (κ3) is 2.31. The zero-order chi connectivity index (χ0) is 15.0. The minimum atomic E-state index is -0.439. The second-order valence-corrected chi connectivity index (χ2v) is 5.87. The lowest BCUT2D eigenvalue weighted by Gasteiger charge is -2.35. The second-order valence-electron chi connectivity index (χ2n) is 5.87. The highest BCUT2D eigenvalue weighted by Gasteiger charge is 2.40. The van der Waals surface area contributed by atoms with E-state index in [1.807, 2.05) is 0 Å². The Morgan fingerprint density at radius 1 is 1.43 bits per heavy atom. The molecule has 0 spiro atoms.